The predicted octanol–water partition coefficient (Wildman–Crippen LogP) is 0.710. The molecule has 0 unspecified atom stereocenters. The highest BCUT2D eigenvalue weighted by Crippen LogP contribution is 1.98. The molecule has 0 saturated carbocycles. The van der Waals surface area contributed by atoms with Crippen LogP contribution in [0.1, 0.15) is 0 Å². The number of carbonyl (C=O) groups excluding carboxylic acids is 1. The normalized spacial score (nSPS) is 17.5. The van der Waals surface area contributed by atoms with E-state index in [9.17, 15) is 4.79 Å². The standard InChI is InChI=1S/C6H5NO/c1-5-6(8)3-2-4-7-5/h2-4H,1H2. The molecule has 0 aromatic rings. The number of rotatable bonds is 0. The van der Waals surface area contributed by atoms with Crippen LogP contribution in [-0.4, -0.2) is 12.0 Å². The number of aliphatic imine (C=N–C) groups is 1. The van der Waals surface area contributed by atoms with Gasteiger partial charge in [-0.15, -0.1) is 0 Å². The van der Waals surface area contributed by atoms with Crippen LogP contribution in [0.2, 0.25) is 0 Å². The van der Waals surface area contributed by atoms with Gasteiger partial charge in [0.15, 0.2) is 0 Å². The Morgan fingerprint density at radius 1 is 1.62 bits per heavy atom. The van der Waals surface area contributed by atoms with Crippen LogP contribution in [-0.2, 0) is 4.79 Å². The molecule has 2 nitrogen and oxygen atoms in total. The summed E-state index contributed by atoms with van der Waals surface area (Å²) in [6, 6.07) is 0. The highest BCUT2D eigenvalue weighted by atomic mass is 16.1. The zero-order valence-electron chi connectivity index (χ0n) is 4.29. The molecule has 0 fully saturated rings. The van der Waals surface area contributed by atoms with Gasteiger partial charge in [-0.25, -0.2) is 0 Å². The van der Waals surface area contributed by atoms with Crippen molar-refractivity contribution in [1.82, 2.24) is 0 Å². The van der Waals surface area contributed by atoms with Gasteiger partial charge in [0.05, 0.1) is 0 Å². The van der Waals surface area contributed by atoms with E-state index in [4.69, 9.17) is 0 Å². The smallest absolute Gasteiger partial charge is 0.203 e. The lowest BCUT2D eigenvalue weighted by Gasteiger charge is -1.93. The molecule has 1 heterocycles. The fourth-order valence-corrected chi connectivity index (χ4v) is 0.423. The highest BCUT2D eigenvalue weighted by molar-refractivity contribution is 6.08. The van der Waals surface area contributed by atoms with Crippen LogP contribution in [0.15, 0.2) is 29.4 Å². The molecule has 1 aliphatic heterocycles. The van der Waals surface area contributed by atoms with Crippen molar-refractivity contribution >= 4 is 12.0 Å². The maximum atomic E-state index is 10.5. The minimum Gasteiger partial charge on any atom is -0.288 e. The molecule has 0 spiro atoms. The van der Waals surface area contributed by atoms with E-state index >= 15 is 0 Å². The molecular weight excluding hydrogens is 102 g/mol. The summed E-state index contributed by atoms with van der Waals surface area (Å²) in [6.07, 6.45) is 4.58. The molecule has 1 aliphatic rings. The Kier molecular flexibility index (Phi) is 1.08. The molecule has 0 aromatic carbocycles. The van der Waals surface area contributed by atoms with E-state index in [0.29, 0.717) is 5.70 Å². The van der Waals surface area contributed by atoms with E-state index in [0.717, 1.165) is 0 Å². The van der Waals surface area contributed by atoms with Crippen LogP contribution in [0.3, 0.4) is 0 Å². The van der Waals surface area contributed by atoms with E-state index in [-0.39, 0.29) is 5.78 Å². The van der Waals surface area contributed by atoms with Crippen molar-refractivity contribution in [2.24, 2.45) is 4.99 Å². The van der Waals surface area contributed by atoms with Gasteiger partial charge in [-0.05, 0) is 12.2 Å². The van der Waals surface area contributed by atoms with Crippen molar-refractivity contribution in [3.8, 4) is 0 Å². The molecule has 0 N–H and O–H groups in total. The van der Waals surface area contributed by atoms with Gasteiger partial charge >= 0.3 is 0 Å². The van der Waals surface area contributed by atoms with Crippen LogP contribution < -0.4 is 0 Å². The first-order chi connectivity index (χ1) is 3.80. The fraction of sp³-hybridized carbons (Fsp3) is 0. The largest absolute Gasteiger partial charge is 0.288 e. The first kappa shape index (κ1) is 4.97. The average molecular weight is 107 g/mol. The number of hydrogen-bond acceptors (Lipinski definition) is 2. The summed E-state index contributed by atoms with van der Waals surface area (Å²) in [5, 5.41) is 0. The first-order valence-corrected chi connectivity index (χ1v) is 2.24. The zero-order valence-corrected chi connectivity index (χ0v) is 4.29. The minimum absolute atomic E-state index is 0.104. The third kappa shape index (κ3) is 0.729. The van der Waals surface area contributed by atoms with Gasteiger partial charge in [-0.3, -0.25) is 9.79 Å². The Labute approximate surface area is 47.2 Å². The fourth-order valence-electron chi connectivity index (χ4n) is 0.423. The molecule has 0 atom stereocenters. The second-order valence-electron chi connectivity index (χ2n) is 1.45. The quantitative estimate of drug-likeness (QED) is 0.419. The van der Waals surface area contributed by atoms with E-state index in [1.165, 1.54) is 6.08 Å². The summed E-state index contributed by atoms with van der Waals surface area (Å²) in [5.74, 6) is -0.104. The Hall–Kier alpha value is -1.18. The molecule has 0 aliphatic carbocycles. The topological polar surface area (TPSA) is 29.4 Å². The van der Waals surface area contributed by atoms with E-state index in [1.807, 2.05) is 0 Å². The van der Waals surface area contributed by atoms with Gasteiger partial charge in [-0.2, -0.15) is 0 Å². The van der Waals surface area contributed by atoms with Crippen molar-refractivity contribution in [1.29, 1.82) is 0 Å². The van der Waals surface area contributed by atoms with Crippen LogP contribution >= 0.6 is 0 Å². The SMILES string of the molecule is C=C1N=CC=CC1=O. The highest BCUT2D eigenvalue weighted by Gasteiger charge is 2.00. The van der Waals surface area contributed by atoms with E-state index < -0.39 is 0 Å². The van der Waals surface area contributed by atoms with Crippen molar-refractivity contribution in [2.75, 3.05) is 0 Å². The average Bonchev–Trinajstić information content (AvgIpc) is 1.77. The van der Waals surface area contributed by atoms with Gasteiger partial charge < -0.3 is 0 Å². The van der Waals surface area contributed by atoms with Gasteiger partial charge in [0.25, 0.3) is 0 Å². The Morgan fingerprint density at radius 2 is 2.38 bits per heavy atom. The third-order valence-corrected chi connectivity index (χ3v) is 0.848. The molecule has 0 radical (unpaired) electrons. The number of nitrogens with zero attached hydrogens (tertiary/aromatic N) is 1. The van der Waals surface area contributed by atoms with Crippen molar-refractivity contribution in [2.45, 2.75) is 0 Å². The molecule has 2 heteroatoms. The molecule has 0 bridgehead atoms. The first-order valence-electron chi connectivity index (χ1n) is 2.24. The lowest BCUT2D eigenvalue weighted by Crippen LogP contribution is -1.97. The van der Waals surface area contributed by atoms with E-state index in [2.05, 4.69) is 11.6 Å². The Balaban J connectivity index is 2.89. The number of dihydropyridines is 1. The molecule has 40 valence electrons. The third-order valence-electron chi connectivity index (χ3n) is 0.848. The summed E-state index contributed by atoms with van der Waals surface area (Å²) in [5.41, 5.74) is 0.313. The summed E-state index contributed by atoms with van der Waals surface area (Å²) < 4.78 is 0. The molecule has 0 saturated heterocycles. The zero-order chi connectivity index (χ0) is 5.98. The summed E-state index contributed by atoms with van der Waals surface area (Å²) in [4.78, 5) is 14.1. The Bertz CT molecular complexity index is 167. The molecule has 8 heavy (non-hydrogen) atoms. The van der Waals surface area contributed by atoms with Crippen molar-refractivity contribution < 1.29 is 4.79 Å². The number of ketones is 1. The maximum absolute atomic E-state index is 10.5. The lowest BCUT2D eigenvalue weighted by molar-refractivity contribution is -0.111. The summed E-state index contributed by atoms with van der Waals surface area (Å²) >= 11 is 0. The van der Waals surface area contributed by atoms with Crippen molar-refractivity contribution in [3.05, 3.63) is 24.4 Å². The number of allylic oxidation sites excluding steroid dienone is 2. The second-order valence-corrected chi connectivity index (χ2v) is 1.45. The minimum atomic E-state index is -0.104. The number of hydrogen-bond donors (Lipinski definition) is 0. The summed E-state index contributed by atoms with van der Waals surface area (Å²) in [6.45, 7) is 3.40. The summed E-state index contributed by atoms with van der Waals surface area (Å²) in [7, 11) is 0. The Morgan fingerprint density at radius 3 is 2.75 bits per heavy atom. The van der Waals surface area contributed by atoms with Gasteiger partial charge in [0, 0.05) is 6.21 Å². The van der Waals surface area contributed by atoms with Gasteiger partial charge in [-0.1, -0.05) is 6.58 Å². The molecule has 0 aromatic heterocycles. The second kappa shape index (κ2) is 1.74. The predicted molar refractivity (Wildman–Crippen MR) is 31.8 cm³/mol. The van der Waals surface area contributed by atoms with Crippen LogP contribution in [0.5, 0.6) is 0 Å². The lowest BCUT2D eigenvalue weighted by atomic mass is 10.2. The van der Waals surface area contributed by atoms with Gasteiger partial charge in [0.2, 0.25) is 5.78 Å². The molecular formula is C6H5NO. The maximum Gasteiger partial charge on any atom is 0.203 e. The van der Waals surface area contributed by atoms with Crippen LogP contribution in [0.25, 0.3) is 0 Å². The number of carbonyl (C=O) groups is 1. The van der Waals surface area contributed by atoms with Gasteiger partial charge in [0.1, 0.15) is 5.70 Å². The van der Waals surface area contributed by atoms with E-state index in [1.54, 1.807) is 12.3 Å². The molecule has 1 rings (SSSR count). The molecule has 0 amide bonds. The van der Waals surface area contributed by atoms with Crippen molar-refractivity contribution in [3.63, 3.8) is 0 Å². The van der Waals surface area contributed by atoms with Crippen LogP contribution in [0.4, 0.5) is 0 Å². The monoisotopic (exact) mass is 107 g/mol. The van der Waals surface area contributed by atoms with Crippen LogP contribution in [0, 0.1) is 0 Å².